The molecule has 0 amide bonds. The van der Waals surface area contributed by atoms with E-state index in [1.54, 1.807) is 24.3 Å². The highest BCUT2D eigenvalue weighted by Crippen LogP contribution is 2.30. The van der Waals surface area contributed by atoms with Crippen molar-refractivity contribution in [2.45, 2.75) is 30.7 Å². The van der Waals surface area contributed by atoms with Gasteiger partial charge in [0.05, 0.1) is 0 Å². The Morgan fingerprint density at radius 3 is 2.50 bits per heavy atom. The number of alkyl halides is 2. The molecule has 1 aromatic heterocycles. The van der Waals surface area contributed by atoms with Crippen LogP contribution in [0, 0.1) is 12.3 Å². The van der Waals surface area contributed by atoms with Crippen molar-refractivity contribution in [2.24, 2.45) is 0 Å². The molecular formula is C15H14Cl2N2O3. The molecule has 7 heteroatoms. The van der Waals surface area contributed by atoms with Gasteiger partial charge in [-0.2, -0.15) is 4.68 Å². The van der Waals surface area contributed by atoms with Crippen LogP contribution in [0.3, 0.4) is 0 Å². The van der Waals surface area contributed by atoms with Crippen LogP contribution >= 0.6 is 23.2 Å². The van der Waals surface area contributed by atoms with Crippen LogP contribution in [0.15, 0.2) is 33.5 Å². The van der Waals surface area contributed by atoms with Crippen LogP contribution in [0.5, 0.6) is 5.75 Å². The molecular weight excluding hydrogens is 327 g/mol. The van der Waals surface area contributed by atoms with Crippen LogP contribution in [0.25, 0.3) is 5.69 Å². The minimum absolute atomic E-state index is 0.210. The van der Waals surface area contributed by atoms with E-state index >= 15 is 0 Å². The lowest BCUT2D eigenvalue weighted by Gasteiger charge is -2.17. The van der Waals surface area contributed by atoms with Gasteiger partial charge in [-0.15, -0.1) is 11.5 Å². The number of aromatic nitrogens is 2. The Morgan fingerprint density at radius 2 is 1.95 bits per heavy atom. The first-order chi connectivity index (χ1) is 10.1. The highest BCUT2D eigenvalue weighted by molar-refractivity contribution is 6.49. The topological polar surface area (TPSA) is 57.3 Å². The van der Waals surface area contributed by atoms with E-state index in [1.807, 2.05) is 20.8 Å². The lowest BCUT2D eigenvalue weighted by molar-refractivity contribution is 0.297. The Bertz CT molecular complexity index is 779. The van der Waals surface area contributed by atoms with Crippen LogP contribution in [-0.4, -0.2) is 14.3 Å². The molecule has 0 aliphatic carbocycles. The van der Waals surface area contributed by atoms with E-state index in [0.717, 1.165) is 4.68 Å². The average molecular weight is 341 g/mol. The van der Waals surface area contributed by atoms with E-state index in [-0.39, 0.29) is 5.75 Å². The largest absolute Gasteiger partial charge is 0.446 e. The Balaban J connectivity index is 2.53. The van der Waals surface area contributed by atoms with E-state index in [4.69, 9.17) is 38.8 Å². The van der Waals surface area contributed by atoms with Gasteiger partial charge in [-0.3, -0.25) is 0 Å². The third-order valence-corrected chi connectivity index (χ3v) is 3.06. The van der Waals surface area contributed by atoms with Crippen molar-refractivity contribution in [1.82, 2.24) is 9.78 Å². The van der Waals surface area contributed by atoms with Gasteiger partial charge in [0, 0.05) is 5.41 Å². The van der Waals surface area contributed by atoms with E-state index in [9.17, 15) is 4.79 Å². The maximum Gasteiger partial charge on any atom is 0.442 e. The van der Waals surface area contributed by atoms with E-state index in [0.29, 0.717) is 11.6 Å². The van der Waals surface area contributed by atoms with Crippen LogP contribution in [0.2, 0.25) is 0 Å². The summed E-state index contributed by atoms with van der Waals surface area (Å²) in [5, 5.41) is 4.19. The molecule has 0 aliphatic rings. The Morgan fingerprint density at radius 1 is 1.32 bits per heavy atom. The van der Waals surface area contributed by atoms with Crippen molar-refractivity contribution in [1.29, 1.82) is 0 Å². The molecule has 0 unspecified atom stereocenters. The number of terminal acetylenes is 1. The maximum atomic E-state index is 12.0. The fourth-order valence-electron chi connectivity index (χ4n) is 1.62. The molecule has 0 fully saturated rings. The number of para-hydroxylation sites is 2. The number of hydrogen-bond donors (Lipinski definition) is 0. The van der Waals surface area contributed by atoms with Gasteiger partial charge in [0.1, 0.15) is 11.4 Å². The first-order valence-corrected chi connectivity index (χ1v) is 7.14. The second kappa shape index (κ2) is 5.71. The molecule has 0 N–H and O–H groups in total. The zero-order valence-electron chi connectivity index (χ0n) is 12.3. The smallest absolute Gasteiger partial charge is 0.442 e. The Hall–Kier alpha value is -1.90. The average Bonchev–Trinajstić information content (AvgIpc) is 2.81. The molecule has 5 nitrogen and oxygen atoms in total. The number of ether oxygens (including phenoxy) is 1. The normalized spacial score (nSPS) is 12.0. The van der Waals surface area contributed by atoms with Crippen molar-refractivity contribution < 1.29 is 9.15 Å². The van der Waals surface area contributed by atoms with Gasteiger partial charge in [-0.05, 0) is 41.3 Å². The summed E-state index contributed by atoms with van der Waals surface area (Å²) in [6, 6.07) is 6.59. The van der Waals surface area contributed by atoms with E-state index in [2.05, 4.69) is 11.0 Å². The van der Waals surface area contributed by atoms with E-state index in [1.165, 1.54) is 0 Å². The third kappa shape index (κ3) is 3.46. The van der Waals surface area contributed by atoms with Crippen molar-refractivity contribution in [3.63, 3.8) is 0 Å². The van der Waals surface area contributed by atoms with Crippen molar-refractivity contribution in [3.05, 3.63) is 40.7 Å². The molecule has 0 aliphatic heterocycles. The molecule has 0 atom stereocenters. The van der Waals surface area contributed by atoms with Gasteiger partial charge in [0.2, 0.25) is 5.89 Å². The SMILES string of the molecule is C#CC(Cl)(Cl)Oc1ccccc1-n1nc(C(C)(C)C)oc1=O. The molecule has 0 bridgehead atoms. The maximum absolute atomic E-state index is 12.0. The molecule has 0 radical (unpaired) electrons. The summed E-state index contributed by atoms with van der Waals surface area (Å²) in [5.41, 5.74) is -0.0884. The second-order valence-corrected chi connectivity index (χ2v) is 6.82. The fourth-order valence-corrected chi connectivity index (χ4v) is 1.79. The van der Waals surface area contributed by atoms with E-state index < -0.39 is 15.7 Å². The van der Waals surface area contributed by atoms with Gasteiger partial charge >= 0.3 is 10.3 Å². The molecule has 0 saturated heterocycles. The molecule has 1 heterocycles. The minimum Gasteiger partial charge on any atom is -0.446 e. The molecule has 2 rings (SSSR count). The molecule has 0 saturated carbocycles. The molecule has 22 heavy (non-hydrogen) atoms. The number of hydrogen-bond acceptors (Lipinski definition) is 4. The lowest BCUT2D eigenvalue weighted by atomic mass is 9.97. The van der Waals surface area contributed by atoms with Gasteiger partial charge in [-0.25, -0.2) is 4.79 Å². The number of rotatable bonds is 3. The van der Waals surface area contributed by atoms with Crippen LogP contribution < -0.4 is 10.5 Å². The van der Waals surface area contributed by atoms with Gasteiger partial charge in [0.25, 0.3) is 0 Å². The zero-order valence-corrected chi connectivity index (χ0v) is 13.8. The Labute approximate surface area is 137 Å². The monoisotopic (exact) mass is 340 g/mol. The fraction of sp³-hybridized carbons (Fsp3) is 0.333. The van der Waals surface area contributed by atoms with Gasteiger partial charge < -0.3 is 9.15 Å². The summed E-state index contributed by atoms with van der Waals surface area (Å²) >= 11 is 11.6. The van der Waals surface area contributed by atoms with Crippen molar-refractivity contribution >= 4 is 23.2 Å². The minimum atomic E-state index is -1.85. The standard InChI is InChI=1S/C15H14Cl2N2O3/c1-5-15(16,17)22-11-9-7-6-8-10(11)19-13(20)21-12(18-19)14(2,3)4/h1,6-9H,2-4H3. The highest BCUT2D eigenvalue weighted by Gasteiger charge is 2.27. The van der Waals surface area contributed by atoms with Crippen LogP contribution in [-0.2, 0) is 5.41 Å². The number of halogens is 2. The highest BCUT2D eigenvalue weighted by atomic mass is 35.5. The summed E-state index contributed by atoms with van der Waals surface area (Å²) in [4.78, 5) is 12.0. The third-order valence-electron chi connectivity index (χ3n) is 2.69. The first kappa shape index (κ1) is 16.5. The van der Waals surface area contributed by atoms with Gasteiger partial charge in [-0.1, -0.05) is 32.9 Å². The zero-order chi connectivity index (χ0) is 16.5. The summed E-state index contributed by atoms with van der Waals surface area (Å²) in [6.07, 6.45) is 5.19. The Kier molecular flexibility index (Phi) is 4.28. The predicted molar refractivity (Wildman–Crippen MR) is 84.7 cm³/mol. The summed E-state index contributed by atoms with van der Waals surface area (Å²) in [7, 11) is 0. The molecule has 2 aromatic rings. The van der Waals surface area contributed by atoms with Crippen molar-refractivity contribution in [3.8, 4) is 23.8 Å². The molecule has 116 valence electrons. The van der Waals surface area contributed by atoms with Crippen LogP contribution in [0.1, 0.15) is 26.7 Å². The first-order valence-electron chi connectivity index (χ1n) is 6.39. The number of nitrogens with zero attached hydrogens (tertiary/aromatic N) is 2. The summed E-state index contributed by atoms with van der Waals surface area (Å²) in [6.45, 7) is 5.64. The number of benzene rings is 1. The lowest BCUT2D eigenvalue weighted by Crippen LogP contribution is -2.22. The quantitative estimate of drug-likeness (QED) is 0.635. The van der Waals surface area contributed by atoms with Gasteiger partial charge in [0.15, 0.2) is 0 Å². The van der Waals surface area contributed by atoms with Crippen LogP contribution in [0.4, 0.5) is 0 Å². The molecule has 1 aromatic carbocycles. The molecule has 0 spiro atoms. The summed E-state index contributed by atoms with van der Waals surface area (Å²) < 4.78 is 9.75. The van der Waals surface area contributed by atoms with Crippen molar-refractivity contribution in [2.75, 3.05) is 0 Å². The summed E-state index contributed by atoms with van der Waals surface area (Å²) in [5.74, 6) is 1.96. The second-order valence-electron chi connectivity index (χ2n) is 5.57. The predicted octanol–water partition coefficient (Wildman–Crippen LogP) is 3.27.